The van der Waals surface area contributed by atoms with Crippen molar-refractivity contribution in [2.75, 3.05) is 0 Å². The molecule has 4 amide bonds. The molecule has 2 fully saturated rings. The first-order valence-electron chi connectivity index (χ1n) is 10.6. The fourth-order valence-corrected chi connectivity index (χ4v) is 5.49. The van der Waals surface area contributed by atoms with Crippen LogP contribution in [-0.2, 0) is 19.2 Å². The first-order chi connectivity index (χ1) is 13.2. The number of imide groups is 2. The van der Waals surface area contributed by atoms with E-state index in [2.05, 4.69) is 0 Å². The van der Waals surface area contributed by atoms with Crippen molar-refractivity contribution < 1.29 is 19.2 Å². The Kier molecular flexibility index (Phi) is 6.93. The third kappa shape index (κ3) is 5.04. The Balaban J connectivity index is 2.03. The minimum absolute atomic E-state index is 0.00622. The quantitative estimate of drug-likeness (QED) is 0.584. The molecular weight excluding hydrogens is 388 g/mol. The first-order valence-corrected chi connectivity index (χ1v) is 11.5. The molecule has 164 valence electrons. The molecule has 2 saturated heterocycles. The highest BCUT2D eigenvalue weighted by atomic mass is 32.2. The average molecular weight is 425 g/mol. The van der Waals surface area contributed by atoms with Crippen LogP contribution < -0.4 is 0 Å². The standard InChI is InChI=1S/C22H36N2O4S/c1-13(2)29-16-12-18(26)24(20(16)28)22(7,8)10-9-14(3)15-11-17(25)23(19(15)27)21(4,5)6/h13-16H,9-12H2,1-8H3. The van der Waals surface area contributed by atoms with Gasteiger partial charge < -0.3 is 0 Å². The fourth-order valence-electron chi connectivity index (χ4n) is 4.37. The van der Waals surface area contributed by atoms with Gasteiger partial charge in [-0.05, 0) is 58.6 Å². The maximum absolute atomic E-state index is 12.8. The van der Waals surface area contributed by atoms with E-state index in [4.69, 9.17) is 0 Å². The summed E-state index contributed by atoms with van der Waals surface area (Å²) in [4.78, 5) is 53.4. The number of nitrogens with zero attached hydrogens (tertiary/aromatic N) is 2. The van der Waals surface area contributed by atoms with E-state index < -0.39 is 11.1 Å². The van der Waals surface area contributed by atoms with Gasteiger partial charge in [-0.1, -0.05) is 20.8 Å². The molecule has 2 aliphatic rings. The lowest BCUT2D eigenvalue weighted by Gasteiger charge is -2.35. The Hall–Kier alpha value is -1.37. The third-order valence-corrected chi connectivity index (χ3v) is 7.14. The van der Waals surface area contributed by atoms with Gasteiger partial charge in [-0.2, -0.15) is 0 Å². The molecule has 0 spiro atoms. The number of carbonyl (C=O) groups is 4. The minimum Gasteiger partial charge on any atom is -0.277 e. The Morgan fingerprint density at radius 3 is 1.93 bits per heavy atom. The van der Waals surface area contributed by atoms with E-state index >= 15 is 0 Å². The van der Waals surface area contributed by atoms with Crippen molar-refractivity contribution in [3.05, 3.63) is 0 Å². The molecule has 6 nitrogen and oxygen atoms in total. The van der Waals surface area contributed by atoms with E-state index in [-0.39, 0.29) is 58.8 Å². The molecule has 0 aromatic carbocycles. The van der Waals surface area contributed by atoms with Crippen LogP contribution in [0.3, 0.4) is 0 Å². The minimum atomic E-state index is -0.607. The number of carbonyl (C=O) groups excluding carboxylic acids is 4. The molecule has 0 aromatic heterocycles. The summed E-state index contributed by atoms with van der Waals surface area (Å²) in [6, 6.07) is 0. The highest BCUT2D eigenvalue weighted by molar-refractivity contribution is 8.01. The van der Waals surface area contributed by atoms with Crippen molar-refractivity contribution in [2.45, 2.75) is 103 Å². The van der Waals surface area contributed by atoms with E-state index in [1.165, 1.54) is 9.80 Å². The summed E-state index contributed by atoms with van der Waals surface area (Å²) in [6.45, 7) is 15.5. The van der Waals surface area contributed by atoms with Crippen molar-refractivity contribution >= 4 is 35.4 Å². The van der Waals surface area contributed by atoms with Crippen LogP contribution in [-0.4, -0.2) is 55.0 Å². The van der Waals surface area contributed by atoms with Gasteiger partial charge in [0.2, 0.25) is 23.6 Å². The molecule has 2 heterocycles. The lowest BCUT2D eigenvalue weighted by atomic mass is 9.84. The predicted octanol–water partition coefficient (Wildman–Crippen LogP) is 3.62. The molecule has 2 rings (SSSR count). The van der Waals surface area contributed by atoms with Gasteiger partial charge in [-0.15, -0.1) is 11.8 Å². The van der Waals surface area contributed by atoms with Gasteiger partial charge in [-0.25, -0.2) is 0 Å². The second-order valence-corrected chi connectivity index (χ2v) is 12.1. The predicted molar refractivity (Wildman–Crippen MR) is 115 cm³/mol. The van der Waals surface area contributed by atoms with Crippen LogP contribution in [0.4, 0.5) is 0 Å². The Morgan fingerprint density at radius 2 is 1.45 bits per heavy atom. The van der Waals surface area contributed by atoms with Crippen molar-refractivity contribution in [3.8, 4) is 0 Å². The molecule has 29 heavy (non-hydrogen) atoms. The van der Waals surface area contributed by atoms with Gasteiger partial charge in [-0.3, -0.25) is 29.0 Å². The third-order valence-electron chi connectivity index (χ3n) is 5.90. The van der Waals surface area contributed by atoms with Crippen molar-refractivity contribution in [3.63, 3.8) is 0 Å². The van der Waals surface area contributed by atoms with Gasteiger partial charge in [0, 0.05) is 29.8 Å². The van der Waals surface area contributed by atoms with Crippen molar-refractivity contribution in [1.82, 2.24) is 9.80 Å². The van der Waals surface area contributed by atoms with Crippen molar-refractivity contribution in [2.24, 2.45) is 11.8 Å². The lowest BCUT2D eigenvalue weighted by Crippen LogP contribution is -2.48. The maximum atomic E-state index is 12.8. The molecular formula is C22H36N2O4S. The number of thioether (sulfide) groups is 1. The summed E-state index contributed by atoms with van der Waals surface area (Å²) in [5.41, 5.74) is -1.12. The molecule has 0 saturated carbocycles. The van der Waals surface area contributed by atoms with Gasteiger partial charge in [0.15, 0.2) is 0 Å². The zero-order chi connectivity index (χ0) is 22.3. The number of hydrogen-bond donors (Lipinski definition) is 0. The summed E-state index contributed by atoms with van der Waals surface area (Å²) >= 11 is 1.54. The van der Waals surface area contributed by atoms with E-state index in [1.807, 2.05) is 55.4 Å². The summed E-state index contributed by atoms with van der Waals surface area (Å²) in [7, 11) is 0. The normalized spacial score (nSPS) is 25.0. The molecule has 7 heteroatoms. The molecule has 2 aliphatic heterocycles. The second-order valence-electron chi connectivity index (χ2n) is 10.3. The van der Waals surface area contributed by atoms with E-state index in [1.54, 1.807) is 11.8 Å². The average Bonchev–Trinajstić information content (AvgIpc) is 3.00. The Morgan fingerprint density at radius 1 is 0.897 bits per heavy atom. The molecule has 0 radical (unpaired) electrons. The van der Waals surface area contributed by atoms with Gasteiger partial charge in [0.1, 0.15) is 0 Å². The number of likely N-dealkylation sites (tertiary alicyclic amines) is 2. The summed E-state index contributed by atoms with van der Waals surface area (Å²) < 4.78 is 0. The molecule has 0 aromatic rings. The SMILES string of the molecule is CC(C)SC1CC(=O)N(C(C)(C)CCC(C)C2CC(=O)N(C(C)(C)C)C2=O)C1=O. The summed E-state index contributed by atoms with van der Waals surface area (Å²) in [6.07, 6.45) is 1.79. The zero-order valence-corrected chi connectivity index (χ0v) is 19.9. The van der Waals surface area contributed by atoms with Crippen LogP contribution in [0.2, 0.25) is 0 Å². The molecule has 0 N–H and O–H groups in total. The number of hydrogen-bond acceptors (Lipinski definition) is 5. The van der Waals surface area contributed by atoms with Gasteiger partial charge in [0.25, 0.3) is 0 Å². The lowest BCUT2D eigenvalue weighted by molar-refractivity contribution is -0.147. The van der Waals surface area contributed by atoms with Crippen LogP contribution in [0.25, 0.3) is 0 Å². The van der Waals surface area contributed by atoms with Crippen LogP contribution in [0.15, 0.2) is 0 Å². The maximum Gasteiger partial charge on any atom is 0.243 e. The Labute approximate surface area is 179 Å². The molecule has 0 aliphatic carbocycles. The molecule has 0 bridgehead atoms. The van der Waals surface area contributed by atoms with Crippen molar-refractivity contribution in [1.29, 1.82) is 0 Å². The second kappa shape index (κ2) is 8.40. The van der Waals surface area contributed by atoms with E-state index in [0.717, 1.165) is 0 Å². The molecule has 3 unspecified atom stereocenters. The topological polar surface area (TPSA) is 74.8 Å². The smallest absolute Gasteiger partial charge is 0.243 e. The highest BCUT2D eigenvalue weighted by Crippen LogP contribution is 2.38. The number of amides is 4. The first kappa shape index (κ1) is 23.9. The summed E-state index contributed by atoms with van der Waals surface area (Å²) in [5, 5.41) is -0.00918. The Bertz CT molecular complexity index is 695. The monoisotopic (exact) mass is 424 g/mol. The van der Waals surface area contributed by atoms with Crippen LogP contribution >= 0.6 is 11.8 Å². The largest absolute Gasteiger partial charge is 0.277 e. The fraction of sp³-hybridized carbons (Fsp3) is 0.818. The van der Waals surface area contributed by atoms with E-state index in [0.29, 0.717) is 12.8 Å². The van der Waals surface area contributed by atoms with Gasteiger partial charge >= 0.3 is 0 Å². The molecule has 3 atom stereocenters. The summed E-state index contributed by atoms with van der Waals surface area (Å²) in [5.74, 6) is -0.751. The highest BCUT2D eigenvalue weighted by Gasteiger charge is 2.48. The van der Waals surface area contributed by atoms with Crippen LogP contribution in [0.5, 0.6) is 0 Å². The zero-order valence-electron chi connectivity index (χ0n) is 19.1. The van der Waals surface area contributed by atoms with Gasteiger partial charge in [0.05, 0.1) is 5.25 Å². The number of rotatable bonds is 7. The van der Waals surface area contributed by atoms with Crippen LogP contribution in [0.1, 0.15) is 81.1 Å². The van der Waals surface area contributed by atoms with E-state index in [9.17, 15) is 19.2 Å². The van der Waals surface area contributed by atoms with Crippen LogP contribution in [0, 0.1) is 11.8 Å².